The van der Waals surface area contributed by atoms with Crippen molar-refractivity contribution in [3.05, 3.63) is 63.9 Å². The summed E-state index contributed by atoms with van der Waals surface area (Å²) in [6.07, 6.45) is 2.09. The maximum atomic E-state index is 13.1. The molecule has 0 atom stereocenters. The van der Waals surface area contributed by atoms with E-state index >= 15 is 0 Å². The molecule has 0 bridgehead atoms. The Kier molecular flexibility index (Phi) is 4.53. The Labute approximate surface area is 168 Å². The first kappa shape index (κ1) is 17.6. The van der Waals surface area contributed by atoms with Crippen LogP contribution >= 0.6 is 11.3 Å². The fourth-order valence-corrected chi connectivity index (χ4v) is 5.39. The Morgan fingerprint density at radius 1 is 1.11 bits per heavy atom. The lowest BCUT2D eigenvalue weighted by Crippen LogP contribution is -2.48. The molecule has 6 heteroatoms. The lowest BCUT2D eigenvalue weighted by molar-refractivity contribution is 0.0622. The predicted octanol–water partition coefficient (Wildman–Crippen LogP) is 3.77. The summed E-state index contributed by atoms with van der Waals surface area (Å²) in [7, 11) is 0. The Hall–Kier alpha value is -2.44. The van der Waals surface area contributed by atoms with Crippen LogP contribution < -0.4 is 0 Å². The fraction of sp³-hybridized carbons (Fsp3) is 0.364. The smallest absolute Gasteiger partial charge is 0.264 e. The number of hydrogen-bond donors (Lipinski definition) is 0. The van der Waals surface area contributed by atoms with E-state index in [-0.39, 0.29) is 5.91 Å². The zero-order valence-electron chi connectivity index (χ0n) is 16.0. The van der Waals surface area contributed by atoms with Gasteiger partial charge in [-0.3, -0.25) is 9.69 Å². The van der Waals surface area contributed by atoms with E-state index in [2.05, 4.69) is 40.4 Å². The maximum Gasteiger partial charge on any atom is 0.264 e. The van der Waals surface area contributed by atoms with Crippen LogP contribution in [0.4, 0.5) is 0 Å². The third-order valence-electron chi connectivity index (χ3n) is 5.66. The Morgan fingerprint density at radius 3 is 2.68 bits per heavy atom. The third kappa shape index (κ3) is 3.27. The minimum atomic E-state index is 0.173. The topological polar surface area (TPSA) is 49.6 Å². The third-order valence-corrected chi connectivity index (χ3v) is 6.86. The average Bonchev–Trinajstić information content (AvgIpc) is 3.34. The number of thiophene rings is 1. The van der Waals surface area contributed by atoms with Gasteiger partial charge in [0.1, 0.15) is 0 Å². The highest BCUT2D eigenvalue weighted by Gasteiger charge is 2.26. The molecule has 5 rings (SSSR count). The predicted molar refractivity (Wildman–Crippen MR) is 110 cm³/mol. The molecule has 1 saturated heterocycles. The van der Waals surface area contributed by atoms with Crippen molar-refractivity contribution in [1.82, 2.24) is 15.0 Å². The molecule has 1 aliphatic carbocycles. The van der Waals surface area contributed by atoms with Gasteiger partial charge in [-0.2, -0.15) is 0 Å². The first-order valence-corrected chi connectivity index (χ1v) is 10.6. The number of aryl methyl sites for hydroxylation is 3. The normalized spacial score (nSPS) is 16.7. The van der Waals surface area contributed by atoms with Gasteiger partial charge in [-0.25, -0.2) is 0 Å². The zero-order chi connectivity index (χ0) is 19.1. The molecule has 0 spiro atoms. The molecule has 3 aromatic rings. The van der Waals surface area contributed by atoms with Crippen molar-refractivity contribution in [3.8, 4) is 10.4 Å². The second kappa shape index (κ2) is 7.18. The molecule has 2 aromatic heterocycles. The van der Waals surface area contributed by atoms with Gasteiger partial charge in [-0.15, -0.1) is 11.3 Å². The molecular formula is C22H23N3O2S. The van der Waals surface area contributed by atoms with E-state index in [1.54, 1.807) is 11.3 Å². The maximum absolute atomic E-state index is 13.1. The lowest BCUT2D eigenvalue weighted by atomic mass is 9.91. The molecule has 1 fully saturated rings. The molecule has 0 radical (unpaired) electrons. The van der Waals surface area contributed by atoms with E-state index in [0.717, 1.165) is 61.9 Å². The van der Waals surface area contributed by atoms with Crippen LogP contribution in [0.1, 0.15) is 32.3 Å². The van der Waals surface area contributed by atoms with Crippen molar-refractivity contribution in [1.29, 1.82) is 0 Å². The van der Waals surface area contributed by atoms with E-state index in [4.69, 9.17) is 4.52 Å². The summed E-state index contributed by atoms with van der Waals surface area (Å²) in [5.74, 6) is 1.06. The molecule has 0 N–H and O–H groups in total. The minimum absolute atomic E-state index is 0.173. The number of rotatable bonds is 3. The number of aromatic nitrogens is 1. The number of nitrogens with zero attached hydrogens (tertiary/aromatic N) is 3. The number of carbonyl (C=O) groups is 1. The summed E-state index contributed by atoms with van der Waals surface area (Å²) in [5, 5.41) is 3.95. The Balaban J connectivity index is 1.26. The van der Waals surface area contributed by atoms with Crippen LogP contribution in [-0.2, 0) is 19.4 Å². The van der Waals surface area contributed by atoms with Gasteiger partial charge >= 0.3 is 0 Å². The van der Waals surface area contributed by atoms with E-state index < -0.39 is 0 Å². The van der Waals surface area contributed by atoms with Crippen LogP contribution in [0.5, 0.6) is 0 Å². The van der Waals surface area contributed by atoms with Crippen molar-refractivity contribution >= 4 is 17.2 Å². The van der Waals surface area contributed by atoms with Crippen molar-refractivity contribution < 1.29 is 9.32 Å². The summed E-state index contributed by atoms with van der Waals surface area (Å²) in [4.78, 5) is 19.6. The SMILES string of the molecule is Cc1cc(CN2CCN(C(=O)c3cc4c(s3)-c3ccccc3CC4)CC2)on1. The molecular weight excluding hydrogens is 370 g/mol. The highest BCUT2D eigenvalue weighted by atomic mass is 32.1. The average molecular weight is 394 g/mol. The van der Waals surface area contributed by atoms with Gasteiger partial charge in [0.25, 0.3) is 5.91 Å². The van der Waals surface area contributed by atoms with Crippen LogP contribution in [0.2, 0.25) is 0 Å². The van der Waals surface area contributed by atoms with E-state index in [1.807, 2.05) is 17.9 Å². The van der Waals surface area contributed by atoms with E-state index in [1.165, 1.54) is 21.6 Å². The van der Waals surface area contributed by atoms with E-state index in [0.29, 0.717) is 0 Å². The molecule has 2 aliphatic rings. The van der Waals surface area contributed by atoms with Gasteiger partial charge in [0, 0.05) is 37.1 Å². The number of amides is 1. The molecule has 1 aromatic carbocycles. The number of fused-ring (bicyclic) bond motifs is 3. The number of piperazine rings is 1. The molecule has 3 heterocycles. The Bertz CT molecular complexity index is 1010. The van der Waals surface area contributed by atoms with Crippen LogP contribution in [0.3, 0.4) is 0 Å². The molecule has 5 nitrogen and oxygen atoms in total. The number of hydrogen-bond acceptors (Lipinski definition) is 5. The monoisotopic (exact) mass is 393 g/mol. The molecule has 28 heavy (non-hydrogen) atoms. The van der Waals surface area contributed by atoms with Crippen molar-refractivity contribution in [2.24, 2.45) is 0 Å². The van der Waals surface area contributed by atoms with Crippen LogP contribution in [0.15, 0.2) is 40.9 Å². The van der Waals surface area contributed by atoms with Crippen molar-refractivity contribution in [2.45, 2.75) is 26.3 Å². The van der Waals surface area contributed by atoms with Crippen LogP contribution in [-0.4, -0.2) is 47.0 Å². The summed E-state index contributed by atoms with van der Waals surface area (Å²) >= 11 is 1.66. The molecule has 1 aliphatic heterocycles. The quantitative estimate of drug-likeness (QED) is 0.680. The van der Waals surface area contributed by atoms with Gasteiger partial charge in [-0.05, 0) is 42.5 Å². The summed E-state index contributed by atoms with van der Waals surface area (Å²) in [6, 6.07) is 12.7. The van der Waals surface area contributed by atoms with E-state index in [9.17, 15) is 4.79 Å². The molecule has 0 saturated carbocycles. The van der Waals surface area contributed by atoms with Crippen LogP contribution in [0.25, 0.3) is 10.4 Å². The zero-order valence-corrected chi connectivity index (χ0v) is 16.8. The Morgan fingerprint density at radius 2 is 1.89 bits per heavy atom. The molecule has 0 unspecified atom stereocenters. The second-order valence-corrected chi connectivity index (χ2v) is 8.68. The van der Waals surface area contributed by atoms with Gasteiger partial charge in [-0.1, -0.05) is 29.4 Å². The minimum Gasteiger partial charge on any atom is -0.360 e. The van der Waals surface area contributed by atoms with Gasteiger partial charge < -0.3 is 9.42 Å². The van der Waals surface area contributed by atoms with Crippen molar-refractivity contribution in [2.75, 3.05) is 26.2 Å². The standard InChI is InChI=1S/C22H23N3O2S/c1-15-12-18(27-23-15)14-24-8-10-25(11-9-24)22(26)20-13-17-7-6-16-4-2-3-5-19(16)21(17)28-20/h2-5,12-13H,6-11,14H2,1H3. The lowest BCUT2D eigenvalue weighted by Gasteiger charge is -2.33. The van der Waals surface area contributed by atoms with Gasteiger partial charge in [0.05, 0.1) is 17.1 Å². The second-order valence-electron chi connectivity index (χ2n) is 7.63. The largest absolute Gasteiger partial charge is 0.360 e. The number of carbonyl (C=O) groups excluding carboxylic acids is 1. The van der Waals surface area contributed by atoms with Crippen molar-refractivity contribution in [3.63, 3.8) is 0 Å². The van der Waals surface area contributed by atoms with Gasteiger partial charge in [0.15, 0.2) is 5.76 Å². The summed E-state index contributed by atoms with van der Waals surface area (Å²) in [5.41, 5.74) is 4.94. The highest BCUT2D eigenvalue weighted by Crippen LogP contribution is 2.39. The first-order chi connectivity index (χ1) is 13.7. The fourth-order valence-electron chi connectivity index (χ4n) is 4.15. The van der Waals surface area contributed by atoms with Gasteiger partial charge in [0.2, 0.25) is 0 Å². The number of benzene rings is 1. The first-order valence-electron chi connectivity index (χ1n) is 9.82. The highest BCUT2D eigenvalue weighted by molar-refractivity contribution is 7.17. The molecule has 144 valence electrons. The summed E-state index contributed by atoms with van der Waals surface area (Å²) in [6.45, 7) is 5.92. The molecule has 1 amide bonds. The summed E-state index contributed by atoms with van der Waals surface area (Å²) < 4.78 is 5.32. The van der Waals surface area contributed by atoms with Crippen LogP contribution in [0, 0.1) is 6.92 Å².